The smallest absolute Gasteiger partial charge is 0.246 e. The summed E-state index contributed by atoms with van der Waals surface area (Å²) in [7, 11) is 1.61. The van der Waals surface area contributed by atoms with Gasteiger partial charge in [0, 0.05) is 5.75 Å². The number of carbonyl (C=O) groups is 1. The molecule has 0 unspecified atom stereocenters. The molecule has 0 aliphatic rings. The van der Waals surface area contributed by atoms with Gasteiger partial charge in [-0.2, -0.15) is 4.98 Å². The molecule has 1 aromatic heterocycles. The predicted octanol–water partition coefficient (Wildman–Crippen LogP) is 3.21. The molecule has 0 bridgehead atoms. The first-order valence-electron chi connectivity index (χ1n) is 8.69. The molecule has 0 saturated carbocycles. The van der Waals surface area contributed by atoms with E-state index in [4.69, 9.17) is 14.0 Å². The average Bonchev–Trinajstić information content (AvgIpc) is 3.20. The van der Waals surface area contributed by atoms with Crippen molar-refractivity contribution in [2.45, 2.75) is 18.9 Å². The Morgan fingerprint density at radius 1 is 1.11 bits per heavy atom. The number of amides is 1. The molecule has 2 aromatic carbocycles. The molecule has 1 amide bonds. The van der Waals surface area contributed by atoms with Crippen LogP contribution in [0.3, 0.4) is 0 Å². The normalized spacial score (nSPS) is 10.5. The van der Waals surface area contributed by atoms with Crippen LogP contribution in [0.25, 0.3) is 0 Å². The molecule has 8 heteroatoms. The van der Waals surface area contributed by atoms with E-state index in [2.05, 4.69) is 15.5 Å². The maximum atomic E-state index is 11.9. The number of rotatable bonds is 10. The Morgan fingerprint density at radius 3 is 2.61 bits per heavy atom. The van der Waals surface area contributed by atoms with E-state index < -0.39 is 0 Å². The van der Waals surface area contributed by atoms with Crippen LogP contribution < -0.4 is 14.8 Å². The summed E-state index contributed by atoms with van der Waals surface area (Å²) in [6.45, 7) is 0.372. The lowest BCUT2D eigenvalue weighted by atomic mass is 10.2. The van der Waals surface area contributed by atoms with Gasteiger partial charge in [0.2, 0.25) is 17.6 Å². The summed E-state index contributed by atoms with van der Waals surface area (Å²) in [5.74, 6) is 3.28. The van der Waals surface area contributed by atoms with Gasteiger partial charge in [0.1, 0.15) is 11.5 Å². The molecule has 1 N–H and O–H groups in total. The molecule has 1 heterocycles. The van der Waals surface area contributed by atoms with Gasteiger partial charge in [-0.1, -0.05) is 35.5 Å². The average molecular weight is 399 g/mol. The highest BCUT2D eigenvalue weighted by atomic mass is 32.2. The summed E-state index contributed by atoms with van der Waals surface area (Å²) in [4.78, 5) is 16.1. The first kappa shape index (κ1) is 19.8. The molecular weight excluding hydrogens is 378 g/mol. The minimum Gasteiger partial charge on any atom is -0.497 e. The van der Waals surface area contributed by atoms with Crippen LogP contribution in [0.1, 0.15) is 17.3 Å². The molecule has 0 saturated heterocycles. The van der Waals surface area contributed by atoms with Crippen molar-refractivity contribution in [3.8, 4) is 11.5 Å². The monoisotopic (exact) mass is 399 g/mol. The lowest BCUT2D eigenvalue weighted by Gasteiger charge is -2.04. The maximum absolute atomic E-state index is 11.9. The molecule has 0 spiro atoms. The maximum Gasteiger partial charge on any atom is 0.246 e. The molecule has 7 nitrogen and oxygen atoms in total. The predicted molar refractivity (Wildman–Crippen MR) is 106 cm³/mol. The molecule has 3 rings (SSSR count). The number of methoxy groups -OCH3 is 1. The number of nitrogens with one attached hydrogen (secondary N) is 1. The number of ether oxygens (including phenoxy) is 2. The van der Waals surface area contributed by atoms with Gasteiger partial charge in [-0.05, 0) is 29.8 Å². The first-order chi connectivity index (χ1) is 13.7. The first-order valence-corrected chi connectivity index (χ1v) is 9.85. The van der Waals surface area contributed by atoms with Gasteiger partial charge in [-0.25, -0.2) is 0 Å². The second-order valence-corrected chi connectivity index (χ2v) is 6.81. The van der Waals surface area contributed by atoms with E-state index in [-0.39, 0.29) is 19.1 Å². The Kier molecular flexibility index (Phi) is 7.31. The number of hydrogen-bond acceptors (Lipinski definition) is 7. The SMILES string of the molecule is COc1ccc(OCc2noc(CNC(=O)CSCc3ccccc3)n2)cc1. The quantitative estimate of drug-likeness (QED) is 0.560. The van der Waals surface area contributed by atoms with Crippen molar-refractivity contribution >= 4 is 17.7 Å². The van der Waals surface area contributed by atoms with E-state index in [1.165, 1.54) is 5.56 Å². The fourth-order valence-electron chi connectivity index (χ4n) is 2.30. The van der Waals surface area contributed by atoms with Crippen molar-refractivity contribution in [3.63, 3.8) is 0 Å². The van der Waals surface area contributed by atoms with Crippen molar-refractivity contribution in [3.05, 3.63) is 71.9 Å². The second-order valence-electron chi connectivity index (χ2n) is 5.82. The largest absolute Gasteiger partial charge is 0.497 e. The van der Waals surface area contributed by atoms with E-state index >= 15 is 0 Å². The van der Waals surface area contributed by atoms with Gasteiger partial charge in [-0.3, -0.25) is 4.79 Å². The zero-order chi connectivity index (χ0) is 19.6. The molecule has 0 aliphatic carbocycles. The van der Waals surface area contributed by atoms with E-state index in [1.807, 2.05) is 42.5 Å². The third-order valence-electron chi connectivity index (χ3n) is 3.72. The molecule has 28 heavy (non-hydrogen) atoms. The van der Waals surface area contributed by atoms with Crippen LogP contribution in [0.15, 0.2) is 59.1 Å². The standard InChI is InChI=1S/C20H21N3O4S/c1-25-16-7-9-17(10-8-16)26-12-18-22-20(27-23-18)11-21-19(24)14-28-13-15-5-3-2-4-6-15/h2-10H,11-14H2,1H3,(H,21,24). The van der Waals surface area contributed by atoms with E-state index in [0.717, 1.165) is 11.5 Å². The van der Waals surface area contributed by atoms with Crippen LogP contribution >= 0.6 is 11.8 Å². The van der Waals surface area contributed by atoms with E-state index in [0.29, 0.717) is 23.2 Å². The Morgan fingerprint density at radius 2 is 1.86 bits per heavy atom. The lowest BCUT2D eigenvalue weighted by Crippen LogP contribution is -2.24. The fourth-order valence-corrected chi connectivity index (χ4v) is 3.12. The summed E-state index contributed by atoms with van der Waals surface area (Å²) >= 11 is 1.56. The van der Waals surface area contributed by atoms with E-state index in [1.54, 1.807) is 31.0 Å². The Labute approximate surface area is 167 Å². The number of benzene rings is 2. The molecule has 146 valence electrons. The minimum absolute atomic E-state index is 0.0739. The van der Waals surface area contributed by atoms with Gasteiger partial charge < -0.3 is 19.3 Å². The summed E-state index contributed by atoms with van der Waals surface area (Å²) in [5.41, 5.74) is 1.19. The summed E-state index contributed by atoms with van der Waals surface area (Å²) in [6, 6.07) is 17.2. The van der Waals surface area contributed by atoms with Crippen LogP contribution in [-0.2, 0) is 23.7 Å². The van der Waals surface area contributed by atoms with Crippen LogP contribution in [0.5, 0.6) is 11.5 Å². The lowest BCUT2D eigenvalue weighted by molar-refractivity contribution is -0.118. The highest BCUT2D eigenvalue weighted by Gasteiger charge is 2.09. The van der Waals surface area contributed by atoms with Crippen LogP contribution in [0.2, 0.25) is 0 Å². The molecule has 0 aliphatic heterocycles. The van der Waals surface area contributed by atoms with Crippen molar-refractivity contribution in [1.29, 1.82) is 0 Å². The Bertz CT molecular complexity index is 869. The Hall–Kier alpha value is -3.00. The van der Waals surface area contributed by atoms with Gasteiger partial charge in [-0.15, -0.1) is 11.8 Å². The second kappa shape index (κ2) is 10.4. The minimum atomic E-state index is -0.0739. The van der Waals surface area contributed by atoms with Crippen LogP contribution in [-0.4, -0.2) is 28.9 Å². The topological polar surface area (TPSA) is 86.5 Å². The number of thioether (sulfide) groups is 1. The summed E-state index contributed by atoms with van der Waals surface area (Å²) < 4.78 is 15.8. The van der Waals surface area contributed by atoms with E-state index in [9.17, 15) is 4.79 Å². The van der Waals surface area contributed by atoms with Crippen LogP contribution in [0.4, 0.5) is 0 Å². The molecule has 0 radical (unpaired) electrons. The third kappa shape index (κ3) is 6.31. The zero-order valence-corrected chi connectivity index (χ0v) is 16.3. The van der Waals surface area contributed by atoms with Gasteiger partial charge >= 0.3 is 0 Å². The number of aromatic nitrogens is 2. The molecule has 3 aromatic rings. The third-order valence-corrected chi connectivity index (χ3v) is 4.72. The number of nitrogens with zero attached hydrogens (tertiary/aromatic N) is 2. The van der Waals surface area contributed by atoms with Crippen molar-refractivity contribution in [2.24, 2.45) is 0 Å². The molecule has 0 atom stereocenters. The van der Waals surface area contributed by atoms with Gasteiger partial charge in [0.25, 0.3) is 0 Å². The van der Waals surface area contributed by atoms with Crippen molar-refractivity contribution in [1.82, 2.24) is 15.5 Å². The highest BCUT2D eigenvalue weighted by molar-refractivity contribution is 7.99. The summed E-state index contributed by atoms with van der Waals surface area (Å²) in [6.07, 6.45) is 0. The molecule has 0 fully saturated rings. The zero-order valence-electron chi connectivity index (χ0n) is 15.5. The van der Waals surface area contributed by atoms with Crippen molar-refractivity contribution < 1.29 is 18.8 Å². The Balaban J connectivity index is 1.36. The number of carbonyl (C=O) groups excluding carboxylic acids is 1. The highest BCUT2D eigenvalue weighted by Crippen LogP contribution is 2.17. The molecular formula is C20H21N3O4S. The summed E-state index contributed by atoms with van der Waals surface area (Å²) in [5, 5.41) is 6.63. The van der Waals surface area contributed by atoms with Gasteiger partial charge in [0.15, 0.2) is 6.61 Å². The fraction of sp³-hybridized carbons (Fsp3) is 0.250. The number of hydrogen-bond donors (Lipinski definition) is 1. The van der Waals surface area contributed by atoms with Crippen molar-refractivity contribution in [2.75, 3.05) is 12.9 Å². The van der Waals surface area contributed by atoms with Gasteiger partial charge in [0.05, 0.1) is 19.4 Å². The van der Waals surface area contributed by atoms with Crippen LogP contribution in [0, 0.1) is 0 Å².